The summed E-state index contributed by atoms with van der Waals surface area (Å²) in [6.07, 6.45) is 1.71. The SMILES string of the molecule is CCN(CC)S(=O)(=O)c1cccc(-c2nnc(SCCCNS(C)(=O)=O)o2)c1. The molecule has 0 aliphatic rings. The highest BCUT2D eigenvalue weighted by Gasteiger charge is 2.22. The van der Waals surface area contributed by atoms with Gasteiger partial charge in [-0.1, -0.05) is 31.7 Å². The monoisotopic (exact) mass is 448 g/mol. The summed E-state index contributed by atoms with van der Waals surface area (Å²) in [6, 6.07) is 6.41. The Morgan fingerprint density at radius 1 is 1.14 bits per heavy atom. The lowest BCUT2D eigenvalue weighted by Gasteiger charge is -2.18. The molecular formula is C16H24N4O5S3. The predicted molar refractivity (Wildman–Crippen MR) is 108 cm³/mol. The second-order valence-electron chi connectivity index (χ2n) is 5.86. The molecule has 0 spiro atoms. The number of aromatic nitrogens is 2. The van der Waals surface area contributed by atoms with Crippen molar-refractivity contribution < 1.29 is 21.3 Å². The average molecular weight is 449 g/mol. The second-order valence-corrected chi connectivity index (χ2v) is 10.7. The largest absolute Gasteiger partial charge is 0.411 e. The van der Waals surface area contributed by atoms with Crippen molar-refractivity contribution in [1.82, 2.24) is 19.2 Å². The highest BCUT2D eigenvalue weighted by molar-refractivity contribution is 7.99. The molecule has 1 aromatic heterocycles. The molecule has 9 nitrogen and oxygen atoms in total. The van der Waals surface area contributed by atoms with E-state index in [-0.39, 0.29) is 10.8 Å². The molecular weight excluding hydrogens is 424 g/mol. The van der Waals surface area contributed by atoms with E-state index in [4.69, 9.17) is 4.42 Å². The van der Waals surface area contributed by atoms with Crippen molar-refractivity contribution in [3.63, 3.8) is 0 Å². The van der Waals surface area contributed by atoms with Crippen molar-refractivity contribution in [2.75, 3.05) is 31.6 Å². The van der Waals surface area contributed by atoms with E-state index in [0.29, 0.717) is 42.6 Å². The van der Waals surface area contributed by atoms with E-state index in [1.165, 1.54) is 28.2 Å². The van der Waals surface area contributed by atoms with Gasteiger partial charge in [0.1, 0.15) is 0 Å². The first-order chi connectivity index (χ1) is 13.2. The first-order valence-corrected chi connectivity index (χ1v) is 13.0. The van der Waals surface area contributed by atoms with Gasteiger partial charge in [-0.25, -0.2) is 21.6 Å². The van der Waals surface area contributed by atoms with E-state index in [0.717, 1.165) is 6.26 Å². The van der Waals surface area contributed by atoms with Crippen LogP contribution >= 0.6 is 11.8 Å². The van der Waals surface area contributed by atoms with Gasteiger partial charge in [0.25, 0.3) is 5.22 Å². The summed E-state index contributed by atoms with van der Waals surface area (Å²) < 4.78 is 56.7. The molecule has 1 heterocycles. The van der Waals surface area contributed by atoms with Crippen molar-refractivity contribution in [2.24, 2.45) is 0 Å². The molecule has 0 saturated carbocycles. The van der Waals surface area contributed by atoms with Crippen LogP contribution < -0.4 is 4.72 Å². The molecule has 0 amide bonds. The van der Waals surface area contributed by atoms with Gasteiger partial charge in [0.2, 0.25) is 25.9 Å². The van der Waals surface area contributed by atoms with E-state index in [9.17, 15) is 16.8 Å². The maximum atomic E-state index is 12.7. The molecule has 0 unspecified atom stereocenters. The molecule has 0 aliphatic heterocycles. The number of thioether (sulfide) groups is 1. The minimum Gasteiger partial charge on any atom is -0.411 e. The predicted octanol–water partition coefficient (Wildman–Crippen LogP) is 1.80. The van der Waals surface area contributed by atoms with Crippen LogP contribution in [0.15, 0.2) is 38.8 Å². The van der Waals surface area contributed by atoms with Crippen LogP contribution in [-0.2, 0) is 20.0 Å². The zero-order valence-corrected chi connectivity index (χ0v) is 18.4. The third-order valence-electron chi connectivity index (χ3n) is 3.74. The Hall–Kier alpha value is -1.47. The van der Waals surface area contributed by atoms with Gasteiger partial charge in [0.05, 0.1) is 11.2 Å². The van der Waals surface area contributed by atoms with E-state index < -0.39 is 20.0 Å². The Balaban J connectivity index is 2.05. The quantitative estimate of drug-likeness (QED) is 0.408. The fourth-order valence-electron chi connectivity index (χ4n) is 2.38. The van der Waals surface area contributed by atoms with Gasteiger partial charge in [-0.2, -0.15) is 4.31 Å². The van der Waals surface area contributed by atoms with Gasteiger partial charge < -0.3 is 4.42 Å². The summed E-state index contributed by atoms with van der Waals surface area (Å²) in [5.41, 5.74) is 0.520. The van der Waals surface area contributed by atoms with Crippen molar-refractivity contribution >= 4 is 31.8 Å². The van der Waals surface area contributed by atoms with Crippen LogP contribution in [-0.4, -0.2) is 63.0 Å². The molecule has 0 bridgehead atoms. The lowest BCUT2D eigenvalue weighted by atomic mass is 10.2. The minimum atomic E-state index is -3.58. The molecule has 0 fully saturated rings. The maximum Gasteiger partial charge on any atom is 0.276 e. The van der Waals surface area contributed by atoms with Gasteiger partial charge >= 0.3 is 0 Å². The molecule has 12 heteroatoms. The van der Waals surface area contributed by atoms with Crippen LogP contribution in [0.5, 0.6) is 0 Å². The first kappa shape index (κ1) is 22.8. The number of hydrogen-bond acceptors (Lipinski definition) is 8. The van der Waals surface area contributed by atoms with Crippen molar-refractivity contribution in [3.8, 4) is 11.5 Å². The number of benzene rings is 1. The maximum absolute atomic E-state index is 12.7. The number of hydrogen-bond donors (Lipinski definition) is 1. The fraction of sp³-hybridized carbons (Fsp3) is 0.500. The van der Waals surface area contributed by atoms with Gasteiger partial charge in [-0.15, -0.1) is 10.2 Å². The molecule has 0 saturated heterocycles. The van der Waals surface area contributed by atoms with Crippen LogP contribution in [0.25, 0.3) is 11.5 Å². The van der Waals surface area contributed by atoms with Crippen LogP contribution in [0, 0.1) is 0 Å². The third kappa shape index (κ3) is 6.27. The summed E-state index contributed by atoms with van der Waals surface area (Å²) in [4.78, 5) is 0.174. The zero-order valence-electron chi connectivity index (χ0n) is 16.0. The lowest BCUT2D eigenvalue weighted by Crippen LogP contribution is -2.30. The van der Waals surface area contributed by atoms with Crippen molar-refractivity contribution in [3.05, 3.63) is 24.3 Å². The number of rotatable bonds is 11. The summed E-state index contributed by atoms with van der Waals surface area (Å²) in [6.45, 7) is 4.69. The minimum absolute atomic E-state index is 0.174. The summed E-state index contributed by atoms with van der Waals surface area (Å²) in [5, 5.41) is 8.26. The van der Waals surface area contributed by atoms with E-state index in [2.05, 4.69) is 14.9 Å². The van der Waals surface area contributed by atoms with Gasteiger partial charge in [0, 0.05) is 31.0 Å². The molecule has 2 rings (SSSR count). The standard InChI is InChI=1S/C16H24N4O5S3/c1-4-20(5-2)28(23,24)14-9-6-8-13(12-14)15-18-19-16(25-15)26-11-7-10-17-27(3,21)22/h6,8-9,12,17H,4-5,7,10-11H2,1-3H3. The summed E-state index contributed by atoms with van der Waals surface area (Å²) in [5.74, 6) is 0.828. The van der Waals surface area contributed by atoms with Gasteiger partial charge in [-0.05, 0) is 24.6 Å². The third-order valence-corrected chi connectivity index (χ3v) is 7.42. The van der Waals surface area contributed by atoms with Crippen LogP contribution in [0.1, 0.15) is 20.3 Å². The second kappa shape index (κ2) is 9.83. The Morgan fingerprint density at radius 3 is 2.50 bits per heavy atom. The number of nitrogens with zero attached hydrogens (tertiary/aromatic N) is 3. The van der Waals surface area contributed by atoms with Gasteiger partial charge in [0.15, 0.2) is 0 Å². The van der Waals surface area contributed by atoms with Crippen LogP contribution in [0.3, 0.4) is 0 Å². The Labute approximate surface area is 170 Å². The van der Waals surface area contributed by atoms with Crippen molar-refractivity contribution in [1.29, 1.82) is 0 Å². The molecule has 156 valence electrons. The normalized spacial score (nSPS) is 12.6. The lowest BCUT2D eigenvalue weighted by molar-refractivity contribution is 0.445. The molecule has 28 heavy (non-hydrogen) atoms. The van der Waals surface area contributed by atoms with E-state index >= 15 is 0 Å². The van der Waals surface area contributed by atoms with Crippen molar-refractivity contribution in [2.45, 2.75) is 30.4 Å². The highest BCUT2D eigenvalue weighted by Crippen LogP contribution is 2.26. The summed E-state index contributed by atoms with van der Waals surface area (Å²) in [7, 11) is -6.77. The van der Waals surface area contributed by atoms with Crippen LogP contribution in [0.2, 0.25) is 0 Å². The topological polar surface area (TPSA) is 122 Å². The molecule has 0 atom stereocenters. The number of nitrogens with one attached hydrogen (secondary N) is 1. The van der Waals surface area contributed by atoms with Gasteiger partial charge in [-0.3, -0.25) is 0 Å². The smallest absolute Gasteiger partial charge is 0.276 e. The Kier molecular flexibility index (Phi) is 8.01. The highest BCUT2D eigenvalue weighted by atomic mass is 32.2. The first-order valence-electron chi connectivity index (χ1n) is 8.69. The molecule has 0 aliphatic carbocycles. The molecule has 1 aromatic carbocycles. The van der Waals surface area contributed by atoms with E-state index in [1.54, 1.807) is 26.0 Å². The number of sulfonamides is 2. The van der Waals surface area contributed by atoms with E-state index in [1.807, 2.05) is 0 Å². The fourth-order valence-corrected chi connectivity index (χ4v) is 5.10. The average Bonchev–Trinajstić information content (AvgIpc) is 3.10. The molecule has 1 N–H and O–H groups in total. The Bertz CT molecular complexity index is 985. The zero-order chi connectivity index (χ0) is 20.8. The summed E-state index contributed by atoms with van der Waals surface area (Å²) >= 11 is 1.31. The van der Waals surface area contributed by atoms with Crippen LogP contribution in [0.4, 0.5) is 0 Å². The molecule has 2 aromatic rings. The Morgan fingerprint density at radius 2 is 1.86 bits per heavy atom. The molecule has 0 radical (unpaired) electrons.